The van der Waals surface area contributed by atoms with E-state index in [0.717, 1.165) is 5.69 Å². The van der Waals surface area contributed by atoms with E-state index in [9.17, 15) is 14.9 Å². The number of nitrogens with one attached hydrogen (secondary N) is 3. The average molecular weight is 315 g/mol. The van der Waals surface area contributed by atoms with Crippen molar-refractivity contribution in [2.45, 2.75) is 19.8 Å². The van der Waals surface area contributed by atoms with E-state index >= 15 is 0 Å². The Bertz CT molecular complexity index is 751. The smallest absolute Gasteiger partial charge is 0.290 e. The zero-order valence-electron chi connectivity index (χ0n) is 12.8. The number of rotatable bonds is 6. The first-order valence-electron chi connectivity index (χ1n) is 6.94. The lowest BCUT2D eigenvalue weighted by Crippen LogP contribution is -2.36. The highest BCUT2D eigenvalue weighted by atomic mass is 16.6. The van der Waals surface area contributed by atoms with Crippen LogP contribution >= 0.6 is 0 Å². The summed E-state index contributed by atoms with van der Waals surface area (Å²) in [6.45, 7) is 7.72. The maximum atomic E-state index is 12.0. The van der Waals surface area contributed by atoms with Crippen LogP contribution in [0.5, 0.6) is 0 Å². The second-order valence-electron chi connectivity index (χ2n) is 5.23. The van der Waals surface area contributed by atoms with Crippen LogP contribution in [0.4, 0.5) is 5.69 Å². The molecule has 0 bridgehead atoms. The number of H-pyrrole nitrogens is 1. The summed E-state index contributed by atoms with van der Waals surface area (Å²) < 4.78 is 0. The standard InChI is InChI=1S/C15H17N5O3/c1-9(2)13-8-14(18-17-13)15(21)19-16-10(3)11-5-4-6-12(7-11)20(22)23/h4-9,16H,3H2,1-2H3,(H,17,18)(H,19,21). The summed E-state index contributed by atoms with van der Waals surface area (Å²) in [4.78, 5) is 22.3. The summed E-state index contributed by atoms with van der Waals surface area (Å²) in [5, 5.41) is 17.5. The van der Waals surface area contributed by atoms with Crippen molar-refractivity contribution in [3.63, 3.8) is 0 Å². The lowest BCUT2D eigenvalue weighted by atomic mass is 10.1. The highest BCUT2D eigenvalue weighted by molar-refractivity contribution is 5.92. The zero-order valence-corrected chi connectivity index (χ0v) is 12.8. The molecule has 0 fully saturated rings. The van der Waals surface area contributed by atoms with Crippen LogP contribution < -0.4 is 10.9 Å². The van der Waals surface area contributed by atoms with Gasteiger partial charge in [-0.1, -0.05) is 32.6 Å². The number of carbonyl (C=O) groups is 1. The molecule has 2 rings (SSSR count). The van der Waals surface area contributed by atoms with Gasteiger partial charge in [-0.05, 0) is 12.0 Å². The van der Waals surface area contributed by atoms with E-state index in [1.807, 2.05) is 13.8 Å². The van der Waals surface area contributed by atoms with E-state index in [1.54, 1.807) is 18.2 Å². The maximum absolute atomic E-state index is 12.0. The van der Waals surface area contributed by atoms with Crippen LogP contribution in [-0.2, 0) is 0 Å². The molecule has 23 heavy (non-hydrogen) atoms. The number of non-ortho nitro benzene ring substituents is 1. The molecule has 0 unspecified atom stereocenters. The Kier molecular flexibility index (Phi) is 4.75. The molecule has 0 saturated carbocycles. The highest BCUT2D eigenvalue weighted by Gasteiger charge is 2.13. The molecule has 0 aliphatic heterocycles. The molecule has 1 aromatic heterocycles. The van der Waals surface area contributed by atoms with Crippen LogP contribution in [-0.4, -0.2) is 21.0 Å². The largest absolute Gasteiger partial charge is 0.298 e. The molecule has 1 amide bonds. The number of hydrogen-bond donors (Lipinski definition) is 3. The number of nitro benzene ring substituents is 1. The second-order valence-corrected chi connectivity index (χ2v) is 5.23. The van der Waals surface area contributed by atoms with Gasteiger partial charge in [-0.3, -0.25) is 30.9 Å². The van der Waals surface area contributed by atoms with E-state index in [0.29, 0.717) is 11.3 Å². The van der Waals surface area contributed by atoms with Crippen LogP contribution in [0.25, 0.3) is 5.70 Å². The van der Waals surface area contributed by atoms with Crippen molar-refractivity contribution in [1.82, 2.24) is 21.0 Å². The SMILES string of the molecule is C=C(NNC(=O)c1cc(C(C)C)[nH]n1)c1cccc([N+](=O)[O-])c1. The molecule has 3 N–H and O–H groups in total. The van der Waals surface area contributed by atoms with Crippen molar-refractivity contribution < 1.29 is 9.72 Å². The molecule has 0 aliphatic rings. The van der Waals surface area contributed by atoms with Crippen molar-refractivity contribution in [3.05, 3.63) is 64.0 Å². The van der Waals surface area contributed by atoms with Crippen LogP contribution in [0.15, 0.2) is 36.9 Å². The maximum Gasteiger partial charge on any atom is 0.290 e. The number of aromatic amines is 1. The summed E-state index contributed by atoms with van der Waals surface area (Å²) in [7, 11) is 0. The van der Waals surface area contributed by atoms with Crippen LogP contribution in [0.1, 0.15) is 41.5 Å². The topological polar surface area (TPSA) is 113 Å². The molecule has 0 spiro atoms. The number of hydrogen-bond acceptors (Lipinski definition) is 5. The molecule has 8 nitrogen and oxygen atoms in total. The van der Waals surface area contributed by atoms with E-state index in [2.05, 4.69) is 27.6 Å². The van der Waals surface area contributed by atoms with Gasteiger partial charge >= 0.3 is 0 Å². The predicted molar refractivity (Wildman–Crippen MR) is 85.4 cm³/mol. The summed E-state index contributed by atoms with van der Waals surface area (Å²) in [6, 6.07) is 7.61. The minimum Gasteiger partial charge on any atom is -0.298 e. The Morgan fingerprint density at radius 2 is 2.09 bits per heavy atom. The number of amides is 1. The third-order valence-corrected chi connectivity index (χ3v) is 3.18. The molecule has 120 valence electrons. The van der Waals surface area contributed by atoms with E-state index in [1.165, 1.54) is 12.1 Å². The molecule has 0 saturated heterocycles. The molecule has 1 aromatic carbocycles. The van der Waals surface area contributed by atoms with Crippen LogP contribution in [0, 0.1) is 10.1 Å². The molecule has 0 atom stereocenters. The minimum atomic E-state index is -0.494. The Hall–Kier alpha value is -3.16. The fraction of sp³-hybridized carbons (Fsp3) is 0.200. The minimum absolute atomic E-state index is 0.0503. The van der Waals surface area contributed by atoms with Crippen molar-refractivity contribution in [2.24, 2.45) is 0 Å². The fourth-order valence-electron chi connectivity index (χ4n) is 1.82. The molecule has 2 aromatic rings. The molecule has 0 aliphatic carbocycles. The summed E-state index contributed by atoms with van der Waals surface area (Å²) in [5.41, 5.74) is 6.98. The normalized spacial score (nSPS) is 10.4. The first kappa shape index (κ1) is 16.2. The quantitative estimate of drug-likeness (QED) is 0.559. The zero-order chi connectivity index (χ0) is 17.0. The van der Waals surface area contributed by atoms with E-state index in [-0.39, 0.29) is 17.3 Å². The second kappa shape index (κ2) is 6.73. The Labute approximate surface area is 132 Å². The third kappa shape index (κ3) is 3.94. The molecular formula is C15H17N5O3. The van der Waals surface area contributed by atoms with Crippen molar-refractivity contribution in [1.29, 1.82) is 0 Å². The van der Waals surface area contributed by atoms with Gasteiger partial charge in [-0.15, -0.1) is 0 Å². The average Bonchev–Trinajstić information content (AvgIpc) is 3.02. The van der Waals surface area contributed by atoms with Gasteiger partial charge in [0.1, 0.15) is 0 Å². The third-order valence-electron chi connectivity index (χ3n) is 3.18. The van der Waals surface area contributed by atoms with Crippen molar-refractivity contribution >= 4 is 17.3 Å². The Balaban J connectivity index is 1.99. The molecular weight excluding hydrogens is 298 g/mol. The summed E-state index contributed by atoms with van der Waals surface area (Å²) in [5.74, 6) is -0.198. The van der Waals surface area contributed by atoms with Crippen LogP contribution in [0.2, 0.25) is 0 Å². The van der Waals surface area contributed by atoms with Crippen molar-refractivity contribution in [3.8, 4) is 0 Å². The summed E-state index contributed by atoms with van der Waals surface area (Å²) in [6.07, 6.45) is 0. The number of aromatic nitrogens is 2. The molecule has 0 radical (unpaired) electrons. The fourth-order valence-corrected chi connectivity index (χ4v) is 1.82. The van der Waals surface area contributed by atoms with Crippen molar-refractivity contribution in [2.75, 3.05) is 0 Å². The molecule has 8 heteroatoms. The predicted octanol–water partition coefficient (Wildman–Crippen LogP) is 2.35. The number of benzene rings is 1. The van der Waals surface area contributed by atoms with Gasteiger partial charge < -0.3 is 0 Å². The Morgan fingerprint density at radius 3 is 2.70 bits per heavy atom. The first-order chi connectivity index (χ1) is 10.9. The molecule has 1 heterocycles. The van der Waals surface area contributed by atoms with Gasteiger partial charge in [0.15, 0.2) is 5.69 Å². The van der Waals surface area contributed by atoms with Gasteiger partial charge in [0, 0.05) is 23.4 Å². The van der Waals surface area contributed by atoms with Gasteiger partial charge in [0.05, 0.1) is 10.6 Å². The van der Waals surface area contributed by atoms with Crippen LogP contribution in [0.3, 0.4) is 0 Å². The highest BCUT2D eigenvalue weighted by Crippen LogP contribution is 2.17. The van der Waals surface area contributed by atoms with E-state index < -0.39 is 10.8 Å². The summed E-state index contributed by atoms with van der Waals surface area (Å²) >= 11 is 0. The van der Waals surface area contributed by atoms with E-state index in [4.69, 9.17) is 0 Å². The Morgan fingerprint density at radius 1 is 1.35 bits per heavy atom. The number of carbonyl (C=O) groups excluding carboxylic acids is 1. The van der Waals surface area contributed by atoms with Gasteiger partial charge in [-0.25, -0.2) is 0 Å². The number of hydrazine groups is 1. The van der Waals surface area contributed by atoms with Gasteiger partial charge in [0.25, 0.3) is 11.6 Å². The van der Waals surface area contributed by atoms with Gasteiger partial charge in [-0.2, -0.15) is 5.10 Å². The first-order valence-corrected chi connectivity index (χ1v) is 6.94. The number of nitro groups is 1. The lowest BCUT2D eigenvalue weighted by molar-refractivity contribution is -0.384. The monoisotopic (exact) mass is 315 g/mol. The number of nitrogens with zero attached hydrogens (tertiary/aromatic N) is 2. The lowest BCUT2D eigenvalue weighted by Gasteiger charge is -2.10. The van der Waals surface area contributed by atoms with Gasteiger partial charge in [0.2, 0.25) is 0 Å².